The van der Waals surface area contributed by atoms with Crippen LogP contribution in [0, 0.1) is 0 Å². The number of aromatic nitrogens is 1. The Kier molecular flexibility index (Phi) is 6.99. The molecule has 0 radical (unpaired) electrons. The maximum atomic E-state index is 4.12. The van der Waals surface area contributed by atoms with E-state index in [1.165, 1.54) is 18.4 Å². The lowest BCUT2D eigenvalue weighted by atomic mass is 10.1. The van der Waals surface area contributed by atoms with E-state index in [4.69, 9.17) is 0 Å². The van der Waals surface area contributed by atoms with Crippen molar-refractivity contribution in [1.29, 1.82) is 0 Å². The molecule has 0 fully saturated rings. The highest BCUT2D eigenvalue weighted by molar-refractivity contribution is 5.08. The second-order valence-electron chi connectivity index (χ2n) is 4.16. The third-order valence-corrected chi connectivity index (χ3v) is 2.69. The van der Waals surface area contributed by atoms with Gasteiger partial charge >= 0.3 is 0 Å². The Morgan fingerprint density at radius 2 is 1.94 bits per heavy atom. The topological polar surface area (TPSA) is 16.1 Å². The minimum absolute atomic E-state index is 0.943. The van der Waals surface area contributed by atoms with Crippen molar-refractivity contribution >= 4 is 0 Å². The Morgan fingerprint density at radius 1 is 1.18 bits per heavy atom. The Labute approximate surface area is 105 Å². The predicted molar refractivity (Wildman–Crippen MR) is 74.0 cm³/mol. The van der Waals surface area contributed by atoms with Crippen molar-refractivity contribution in [3.05, 3.63) is 55.4 Å². The molecule has 0 aliphatic rings. The molecule has 0 aliphatic heterocycles. The average molecular weight is 230 g/mol. The molecule has 0 aromatic carbocycles. The van der Waals surface area contributed by atoms with Crippen LogP contribution in [0.5, 0.6) is 0 Å². The summed E-state index contributed by atoms with van der Waals surface area (Å²) in [6.45, 7) is 10.5. The molecule has 92 valence electrons. The van der Waals surface area contributed by atoms with Gasteiger partial charge in [0, 0.05) is 25.5 Å². The lowest BCUT2D eigenvalue weighted by molar-refractivity contribution is 0.327. The number of aryl methyl sites for hydroxylation is 1. The molecule has 0 bridgehead atoms. The van der Waals surface area contributed by atoms with E-state index in [1.807, 2.05) is 30.6 Å². The summed E-state index contributed by atoms with van der Waals surface area (Å²) in [6.07, 6.45) is 11.2. The number of nitrogens with zero attached hydrogens (tertiary/aromatic N) is 2. The quantitative estimate of drug-likeness (QED) is 0.479. The molecule has 0 aliphatic carbocycles. The molecule has 0 spiro atoms. The second-order valence-corrected chi connectivity index (χ2v) is 4.16. The van der Waals surface area contributed by atoms with Gasteiger partial charge < -0.3 is 0 Å². The van der Waals surface area contributed by atoms with Crippen molar-refractivity contribution in [3.8, 4) is 0 Å². The first-order valence-corrected chi connectivity index (χ1v) is 6.20. The monoisotopic (exact) mass is 230 g/mol. The minimum atomic E-state index is 0.943. The summed E-state index contributed by atoms with van der Waals surface area (Å²) in [7, 11) is 0. The Morgan fingerprint density at radius 3 is 2.53 bits per heavy atom. The van der Waals surface area contributed by atoms with E-state index in [0.717, 1.165) is 26.1 Å². The van der Waals surface area contributed by atoms with Gasteiger partial charge in [0.1, 0.15) is 0 Å². The van der Waals surface area contributed by atoms with Crippen LogP contribution in [0.4, 0.5) is 0 Å². The standard InChI is InChI=1S/C15H22N2/c1-3-11-17(12-4-2)13-6-5-8-15-9-7-10-16-14-15/h3-4,7,9-10,14H,1-2,5-6,8,11-13H2. The van der Waals surface area contributed by atoms with Gasteiger partial charge in [-0.25, -0.2) is 0 Å². The van der Waals surface area contributed by atoms with Crippen LogP contribution in [0.15, 0.2) is 49.8 Å². The van der Waals surface area contributed by atoms with Crippen molar-refractivity contribution in [2.45, 2.75) is 19.3 Å². The van der Waals surface area contributed by atoms with Crippen LogP contribution in [-0.4, -0.2) is 29.5 Å². The zero-order chi connectivity index (χ0) is 12.3. The molecule has 17 heavy (non-hydrogen) atoms. The zero-order valence-electron chi connectivity index (χ0n) is 10.5. The van der Waals surface area contributed by atoms with E-state index in [0.29, 0.717) is 0 Å². The Bertz CT molecular complexity index is 309. The number of pyridine rings is 1. The summed E-state index contributed by atoms with van der Waals surface area (Å²) in [6, 6.07) is 4.13. The highest BCUT2D eigenvalue weighted by atomic mass is 15.1. The third kappa shape index (κ3) is 6.03. The second kappa shape index (κ2) is 8.71. The summed E-state index contributed by atoms with van der Waals surface area (Å²) in [5.41, 5.74) is 1.33. The van der Waals surface area contributed by atoms with Crippen LogP contribution in [0.3, 0.4) is 0 Å². The predicted octanol–water partition coefficient (Wildman–Crippen LogP) is 3.08. The normalized spacial score (nSPS) is 10.4. The molecule has 1 rings (SSSR count). The van der Waals surface area contributed by atoms with Gasteiger partial charge in [0.05, 0.1) is 0 Å². The molecule has 1 aromatic rings. The molecule has 1 heterocycles. The molecule has 0 saturated heterocycles. The van der Waals surface area contributed by atoms with Crippen molar-refractivity contribution in [2.24, 2.45) is 0 Å². The van der Waals surface area contributed by atoms with Gasteiger partial charge in [0.2, 0.25) is 0 Å². The van der Waals surface area contributed by atoms with Gasteiger partial charge in [0.15, 0.2) is 0 Å². The molecule has 2 heteroatoms. The number of hydrogen-bond acceptors (Lipinski definition) is 2. The fourth-order valence-electron chi connectivity index (χ4n) is 1.83. The van der Waals surface area contributed by atoms with E-state index in [2.05, 4.69) is 29.1 Å². The van der Waals surface area contributed by atoms with E-state index in [-0.39, 0.29) is 0 Å². The number of hydrogen-bond donors (Lipinski definition) is 0. The van der Waals surface area contributed by atoms with Crippen LogP contribution in [0.25, 0.3) is 0 Å². The first-order valence-electron chi connectivity index (χ1n) is 6.20. The molecule has 0 unspecified atom stereocenters. The van der Waals surface area contributed by atoms with Crippen LogP contribution in [0.2, 0.25) is 0 Å². The van der Waals surface area contributed by atoms with Crippen LogP contribution in [0.1, 0.15) is 18.4 Å². The summed E-state index contributed by atoms with van der Waals surface area (Å²) < 4.78 is 0. The van der Waals surface area contributed by atoms with Crippen LogP contribution >= 0.6 is 0 Å². The third-order valence-electron chi connectivity index (χ3n) is 2.69. The maximum Gasteiger partial charge on any atom is 0.0299 e. The lowest BCUT2D eigenvalue weighted by Gasteiger charge is -2.18. The highest BCUT2D eigenvalue weighted by Gasteiger charge is 2.00. The number of rotatable bonds is 9. The van der Waals surface area contributed by atoms with Crippen molar-refractivity contribution in [1.82, 2.24) is 9.88 Å². The van der Waals surface area contributed by atoms with E-state index >= 15 is 0 Å². The Hall–Kier alpha value is -1.41. The van der Waals surface area contributed by atoms with E-state index < -0.39 is 0 Å². The Balaban J connectivity index is 2.17. The molecule has 1 aromatic heterocycles. The summed E-state index contributed by atoms with van der Waals surface area (Å²) in [5, 5.41) is 0. The largest absolute Gasteiger partial charge is 0.296 e. The van der Waals surface area contributed by atoms with Gasteiger partial charge in [-0.15, -0.1) is 13.2 Å². The first kappa shape index (κ1) is 13.7. The minimum Gasteiger partial charge on any atom is -0.296 e. The summed E-state index contributed by atoms with van der Waals surface area (Å²) >= 11 is 0. The zero-order valence-corrected chi connectivity index (χ0v) is 10.5. The molecule has 0 saturated carbocycles. The molecule has 2 nitrogen and oxygen atoms in total. The molecule has 0 N–H and O–H groups in total. The van der Waals surface area contributed by atoms with Gasteiger partial charge in [-0.1, -0.05) is 18.2 Å². The lowest BCUT2D eigenvalue weighted by Crippen LogP contribution is -2.25. The van der Waals surface area contributed by atoms with Crippen molar-refractivity contribution in [2.75, 3.05) is 19.6 Å². The molecular formula is C15H22N2. The molecule has 0 atom stereocenters. The van der Waals surface area contributed by atoms with Crippen molar-refractivity contribution in [3.63, 3.8) is 0 Å². The van der Waals surface area contributed by atoms with Gasteiger partial charge in [-0.2, -0.15) is 0 Å². The first-order chi connectivity index (χ1) is 8.36. The van der Waals surface area contributed by atoms with Gasteiger partial charge in [-0.05, 0) is 37.4 Å². The van der Waals surface area contributed by atoms with E-state index in [9.17, 15) is 0 Å². The fourth-order valence-corrected chi connectivity index (χ4v) is 1.83. The van der Waals surface area contributed by atoms with Crippen LogP contribution in [-0.2, 0) is 6.42 Å². The van der Waals surface area contributed by atoms with Crippen LogP contribution < -0.4 is 0 Å². The SMILES string of the molecule is C=CCN(CC=C)CCCCc1cccnc1. The van der Waals surface area contributed by atoms with Gasteiger partial charge in [-0.3, -0.25) is 9.88 Å². The summed E-state index contributed by atoms with van der Waals surface area (Å²) in [4.78, 5) is 6.47. The molecular weight excluding hydrogens is 208 g/mol. The van der Waals surface area contributed by atoms with E-state index in [1.54, 1.807) is 0 Å². The fraction of sp³-hybridized carbons (Fsp3) is 0.400. The highest BCUT2D eigenvalue weighted by Crippen LogP contribution is 2.04. The number of unbranched alkanes of at least 4 members (excludes halogenated alkanes) is 1. The van der Waals surface area contributed by atoms with Gasteiger partial charge in [0.25, 0.3) is 0 Å². The average Bonchev–Trinajstić information content (AvgIpc) is 2.36. The molecule has 0 amide bonds. The van der Waals surface area contributed by atoms with Crippen molar-refractivity contribution < 1.29 is 0 Å². The maximum absolute atomic E-state index is 4.12. The summed E-state index contributed by atoms with van der Waals surface area (Å²) in [5.74, 6) is 0. The smallest absolute Gasteiger partial charge is 0.0299 e.